The van der Waals surface area contributed by atoms with Crippen LogP contribution in [0.3, 0.4) is 0 Å². The number of rotatable bonds is 4. The number of benzene rings is 1. The molecule has 0 bridgehead atoms. The van der Waals surface area contributed by atoms with Gasteiger partial charge in [-0.25, -0.2) is 4.98 Å². The number of halogens is 2. The summed E-state index contributed by atoms with van der Waals surface area (Å²) in [6, 6.07) is 9.19. The van der Waals surface area contributed by atoms with E-state index in [0.717, 1.165) is 33.3 Å². The summed E-state index contributed by atoms with van der Waals surface area (Å²) in [4.78, 5) is 25.3. The van der Waals surface area contributed by atoms with Crippen LogP contribution in [0.5, 0.6) is 0 Å². The van der Waals surface area contributed by atoms with Crippen molar-refractivity contribution in [2.45, 2.75) is 6.10 Å². The monoisotopic (exact) mass is 440 g/mol. The van der Waals surface area contributed by atoms with Gasteiger partial charge in [-0.05, 0) is 29.8 Å². The first-order valence-corrected chi connectivity index (χ1v) is 9.88. The third-order valence-corrected chi connectivity index (χ3v) is 5.58. The highest BCUT2D eigenvalue weighted by Crippen LogP contribution is 2.34. The van der Waals surface area contributed by atoms with Gasteiger partial charge in [-0.15, -0.1) is 0 Å². The maximum absolute atomic E-state index is 12.1. The van der Waals surface area contributed by atoms with Crippen LogP contribution >= 0.6 is 23.2 Å². The van der Waals surface area contributed by atoms with Crippen LogP contribution in [0.2, 0.25) is 10.0 Å². The zero-order valence-corrected chi connectivity index (χ0v) is 17.7. The first-order valence-electron chi connectivity index (χ1n) is 9.12. The first-order chi connectivity index (χ1) is 14.3. The van der Waals surface area contributed by atoms with Crippen molar-refractivity contribution in [3.05, 3.63) is 70.7 Å². The predicted octanol–water partition coefficient (Wildman–Crippen LogP) is 4.72. The maximum Gasteiger partial charge on any atom is 0.255 e. The number of aliphatic hydroxyl groups excluding tert-OH is 1. The van der Waals surface area contributed by atoms with Gasteiger partial charge in [0.1, 0.15) is 5.65 Å². The summed E-state index contributed by atoms with van der Waals surface area (Å²) >= 11 is 12.2. The minimum absolute atomic E-state index is 0.407. The second-order valence-electron chi connectivity index (χ2n) is 7.09. The number of H-pyrrole nitrogens is 1. The van der Waals surface area contributed by atoms with E-state index in [1.807, 2.05) is 24.4 Å². The number of hydrogen-bond donors (Lipinski definition) is 2. The number of carbonyl (C=O) groups excluding carboxylic acids is 1. The molecule has 2 N–H and O–H groups in total. The first kappa shape index (κ1) is 20.3. The van der Waals surface area contributed by atoms with Gasteiger partial charge < -0.3 is 15.0 Å². The van der Waals surface area contributed by atoms with Crippen molar-refractivity contribution in [2.24, 2.45) is 0 Å². The van der Waals surface area contributed by atoms with Gasteiger partial charge in [-0.1, -0.05) is 29.3 Å². The summed E-state index contributed by atoms with van der Waals surface area (Å²) < 4.78 is 0. The molecule has 0 aliphatic carbocycles. The normalized spacial score (nSPS) is 12.2. The Kier molecular flexibility index (Phi) is 5.47. The summed E-state index contributed by atoms with van der Waals surface area (Å²) in [5.41, 5.74) is 4.55. The Balaban J connectivity index is 1.76. The number of hydrogen-bond acceptors (Lipinski definition) is 4. The minimum atomic E-state index is -1.27. The lowest BCUT2D eigenvalue weighted by molar-refractivity contribution is -0.137. The molecule has 8 heteroatoms. The van der Waals surface area contributed by atoms with Gasteiger partial charge >= 0.3 is 0 Å². The number of aromatic amines is 1. The molecule has 1 aromatic carbocycles. The van der Waals surface area contributed by atoms with E-state index in [4.69, 9.17) is 23.2 Å². The van der Waals surface area contributed by atoms with Crippen LogP contribution in [0.25, 0.3) is 33.3 Å². The SMILES string of the molecule is CN(C)C(=O)C(O)c1cncc(-c2cnc3[nH]cc(-c4ccc(Cl)c(Cl)c4)c3c2)c1. The van der Waals surface area contributed by atoms with Gasteiger partial charge in [0.25, 0.3) is 5.91 Å². The second-order valence-corrected chi connectivity index (χ2v) is 7.91. The summed E-state index contributed by atoms with van der Waals surface area (Å²) in [6.45, 7) is 0. The fraction of sp³-hybridized carbons (Fsp3) is 0.136. The number of carbonyl (C=O) groups is 1. The molecule has 4 rings (SSSR count). The molecule has 152 valence electrons. The van der Waals surface area contributed by atoms with E-state index in [0.29, 0.717) is 15.6 Å². The van der Waals surface area contributed by atoms with Crippen molar-refractivity contribution >= 4 is 40.1 Å². The Morgan fingerprint density at radius 3 is 2.53 bits per heavy atom. The smallest absolute Gasteiger partial charge is 0.255 e. The number of aliphatic hydroxyl groups is 1. The molecular weight excluding hydrogens is 423 g/mol. The van der Waals surface area contributed by atoms with Crippen LogP contribution in [0, 0.1) is 0 Å². The molecule has 30 heavy (non-hydrogen) atoms. The maximum atomic E-state index is 12.1. The average molecular weight is 441 g/mol. The van der Waals surface area contributed by atoms with Crippen molar-refractivity contribution in [3.63, 3.8) is 0 Å². The van der Waals surface area contributed by atoms with Crippen molar-refractivity contribution in [1.29, 1.82) is 0 Å². The highest BCUT2D eigenvalue weighted by atomic mass is 35.5. The van der Waals surface area contributed by atoms with Gasteiger partial charge in [-0.3, -0.25) is 9.78 Å². The number of aromatic nitrogens is 3. The Hall–Kier alpha value is -2.93. The molecule has 6 nitrogen and oxygen atoms in total. The number of nitrogens with zero attached hydrogens (tertiary/aromatic N) is 3. The lowest BCUT2D eigenvalue weighted by atomic mass is 10.0. The van der Waals surface area contributed by atoms with Crippen molar-refractivity contribution in [1.82, 2.24) is 19.9 Å². The summed E-state index contributed by atoms with van der Waals surface area (Å²) in [7, 11) is 3.19. The van der Waals surface area contributed by atoms with E-state index in [1.54, 1.807) is 38.6 Å². The van der Waals surface area contributed by atoms with E-state index in [1.165, 1.54) is 11.1 Å². The number of amides is 1. The number of nitrogens with one attached hydrogen (secondary N) is 1. The second kappa shape index (κ2) is 8.07. The van der Waals surface area contributed by atoms with E-state index in [-0.39, 0.29) is 0 Å². The molecule has 1 atom stereocenters. The molecule has 0 saturated heterocycles. The highest BCUT2D eigenvalue weighted by Gasteiger charge is 2.20. The highest BCUT2D eigenvalue weighted by molar-refractivity contribution is 6.42. The van der Waals surface area contributed by atoms with Gasteiger partial charge in [0.05, 0.1) is 10.0 Å². The number of pyridine rings is 2. The molecular formula is C22H18Cl2N4O2. The molecule has 3 heterocycles. The molecule has 0 radical (unpaired) electrons. The van der Waals surface area contributed by atoms with Gasteiger partial charge in [0, 0.05) is 66.5 Å². The lowest BCUT2D eigenvalue weighted by Crippen LogP contribution is -2.28. The van der Waals surface area contributed by atoms with Crippen LogP contribution in [0.15, 0.2) is 55.1 Å². The van der Waals surface area contributed by atoms with Crippen LogP contribution in [-0.4, -0.2) is 45.0 Å². The molecule has 1 amide bonds. The van der Waals surface area contributed by atoms with E-state index < -0.39 is 12.0 Å². The molecule has 0 saturated carbocycles. The largest absolute Gasteiger partial charge is 0.378 e. The minimum Gasteiger partial charge on any atom is -0.378 e. The van der Waals surface area contributed by atoms with Gasteiger partial charge in [-0.2, -0.15) is 0 Å². The van der Waals surface area contributed by atoms with Crippen LogP contribution < -0.4 is 0 Å². The third kappa shape index (κ3) is 3.77. The summed E-state index contributed by atoms with van der Waals surface area (Å²) in [5, 5.41) is 12.2. The topological polar surface area (TPSA) is 82.1 Å². The molecule has 1 unspecified atom stereocenters. The zero-order valence-electron chi connectivity index (χ0n) is 16.2. The van der Waals surface area contributed by atoms with E-state index >= 15 is 0 Å². The van der Waals surface area contributed by atoms with Gasteiger partial charge in [0.15, 0.2) is 6.10 Å². The summed E-state index contributed by atoms with van der Waals surface area (Å²) in [6.07, 6.45) is 5.47. The quantitative estimate of drug-likeness (QED) is 0.480. The zero-order chi connectivity index (χ0) is 21.4. The third-order valence-electron chi connectivity index (χ3n) is 4.84. The Morgan fingerprint density at radius 2 is 1.80 bits per heavy atom. The van der Waals surface area contributed by atoms with Crippen LogP contribution in [0.4, 0.5) is 0 Å². The van der Waals surface area contributed by atoms with Crippen molar-refractivity contribution in [3.8, 4) is 22.3 Å². The molecule has 4 aromatic rings. The Labute approximate surface area is 183 Å². The lowest BCUT2D eigenvalue weighted by Gasteiger charge is -2.16. The van der Waals surface area contributed by atoms with Gasteiger partial charge in [0.2, 0.25) is 0 Å². The van der Waals surface area contributed by atoms with Crippen LogP contribution in [0.1, 0.15) is 11.7 Å². The average Bonchev–Trinajstić information content (AvgIpc) is 3.18. The number of fused-ring (bicyclic) bond motifs is 1. The van der Waals surface area contributed by atoms with Crippen LogP contribution in [-0.2, 0) is 4.79 Å². The molecule has 0 aliphatic rings. The molecule has 3 aromatic heterocycles. The Bertz CT molecular complexity index is 1250. The number of likely N-dealkylation sites (N-methyl/N-ethyl adjacent to an activating group) is 1. The van der Waals surface area contributed by atoms with E-state index in [9.17, 15) is 9.90 Å². The predicted molar refractivity (Wildman–Crippen MR) is 118 cm³/mol. The summed E-state index contributed by atoms with van der Waals surface area (Å²) in [5.74, 6) is -0.407. The Morgan fingerprint density at radius 1 is 1.03 bits per heavy atom. The van der Waals surface area contributed by atoms with Crippen molar-refractivity contribution < 1.29 is 9.90 Å². The standard InChI is InChI=1S/C22H18Cl2N4O2/c1-28(2)22(30)20(29)15-5-13(8-25-9-15)14-6-16-17(11-27-21(16)26-10-14)12-3-4-18(23)19(24)7-12/h3-11,20,29H,1-2H3,(H,26,27). The molecule has 0 spiro atoms. The van der Waals surface area contributed by atoms with E-state index in [2.05, 4.69) is 15.0 Å². The fourth-order valence-corrected chi connectivity index (χ4v) is 3.51. The molecule has 0 fully saturated rings. The fourth-order valence-electron chi connectivity index (χ4n) is 3.22. The van der Waals surface area contributed by atoms with Crippen molar-refractivity contribution in [2.75, 3.05) is 14.1 Å². The molecule has 0 aliphatic heterocycles.